The maximum absolute atomic E-state index is 5.96. The second-order valence-electron chi connectivity index (χ2n) is 4.06. The van der Waals surface area contributed by atoms with Gasteiger partial charge in [0.1, 0.15) is 5.75 Å². The predicted molar refractivity (Wildman–Crippen MR) is 64.5 cm³/mol. The predicted octanol–water partition coefficient (Wildman–Crippen LogP) is 3.61. The minimum atomic E-state index is 0.410. The van der Waals surface area contributed by atoms with Crippen LogP contribution < -0.4 is 4.74 Å². The van der Waals surface area contributed by atoms with Gasteiger partial charge in [0.2, 0.25) is 0 Å². The number of aryl methyl sites for hydroxylation is 1. The number of hydrogen-bond acceptors (Lipinski definition) is 2. The minimum absolute atomic E-state index is 0.410. The molecule has 1 fully saturated rings. The number of halogens is 1. The molecule has 0 atom stereocenters. The Kier molecular flexibility index (Phi) is 3.62. The van der Waals surface area contributed by atoms with Gasteiger partial charge in [-0.25, -0.2) is 0 Å². The van der Waals surface area contributed by atoms with Crippen molar-refractivity contribution in [3.63, 3.8) is 0 Å². The topological polar surface area (TPSA) is 22.1 Å². The molecule has 1 aromatic heterocycles. The van der Waals surface area contributed by atoms with E-state index in [1.807, 2.05) is 19.1 Å². The van der Waals surface area contributed by atoms with Crippen LogP contribution in [0.25, 0.3) is 0 Å². The third kappa shape index (κ3) is 2.71. The first-order valence-electron chi connectivity index (χ1n) is 5.49. The molecule has 1 aliphatic carbocycles. The Balaban J connectivity index is 2.12. The van der Waals surface area contributed by atoms with Crippen molar-refractivity contribution in [1.29, 1.82) is 0 Å². The molecule has 1 aromatic rings. The van der Waals surface area contributed by atoms with Gasteiger partial charge in [0.05, 0.1) is 11.8 Å². The van der Waals surface area contributed by atoms with Crippen LogP contribution in [0.15, 0.2) is 12.1 Å². The highest BCUT2D eigenvalue weighted by atomic mass is 79.9. The lowest BCUT2D eigenvalue weighted by atomic mass is 10.2. The molecule has 3 heteroatoms. The summed E-state index contributed by atoms with van der Waals surface area (Å²) in [4.78, 5) is 4.46. The van der Waals surface area contributed by atoms with E-state index in [-0.39, 0.29) is 0 Å². The Labute approximate surface area is 99.2 Å². The van der Waals surface area contributed by atoms with Gasteiger partial charge in [-0.2, -0.15) is 0 Å². The van der Waals surface area contributed by atoms with Crippen LogP contribution in [0.4, 0.5) is 0 Å². The zero-order valence-electron chi connectivity index (χ0n) is 9.00. The molecule has 0 spiro atoms. The molecule has 0 N–H and O–H groups in total. The van der Waals surface area contributed by atoms with Gasteiger partial charge in [-0.1, -0.05) is 15.9 Å². The number of alkyl halides is 1. The van der Waals surface area contributed by atoms with Crippen molar-refractivity contribution in [2.24, 2.45) is 0 Å². The Morgan fingerprint density at radius 1 is 1.40 bits per heavy atom. The number of rotatable bonds is 3. The lowest BCUT2D eigenvalue weighted by Crippen LogP contribution is -2.12. The van der Waals surface area contributed by atoms with E-state index in [4.69, 9.17) is 4.74 Å². The summed E-state index contributed by atoms with van der Waals surface area (Å²) in [6, 6.07) is 4.05. The highest BCUT2D eigenvalue weighted by Gasteiger charge is 2.18. The van der Waals surface area contributed by atoms with Crippen LogP contribution in [0, 0.1) is 6.92 Å². The summed E-state index contributed by atoms with van der Waals surface area (Å²) in [6.07, 6.45) is 5.39. The van der Waals surface area contributed by atoms with Crippen molar-refractivity contribution < 1.29 is 4.74 Å². The second-order valence-corrected chi connectivity index (χ2v) is 4.62. The summed E-state index contributed by atoms with van der Waals surface area (Å²) in [5.74, 6) is 0.948. The van der Waals surface area contributed by atoms with Crippen LogP contribution in [0.1, 0.15) is 37.1 Å². The van der Waals surface area contributed by atoms with E-state index in [1.54, 1.807) is 0 Å². The quantitative estimate of drug-likeness (QED) is 0.783. The monoisotopic (exact) mass is 269 g/mol. The molecule has 2 rings (SSSR count). The van der Waals surface area contributed by atoms with Gasteiger partial charge in [-0.05, 0) is 44.7 Å². The Bertz CT molecular complexity index is 334. The first kappa shape index (κ1) is 10.9. The van der Waals surface area contributed by atoms with Crippen molar-refractivity contribution in [3.8, 4) is 5.75 Å². The van der Waals surface area contributed by atoms with Crippen molar-refractivity contribution in [2.75, 3.05) is 0 Å². The molecule has 82 valence electrons. The van der Waals surface area contributed by atoms with E-state index in [0.29, 0.717) is 6.10 Å². The lowest BCUT2D eigenvalue weighted by Gasteiger charge is -2.15. The maximum atomic E-state index is 5.96. The molecule has 0 radical (unpaired) electrons. The van der Waals surface area contributed by atoms with E-state index in [2.05, 4.69) is 20.9 Å². The largest absolute Gasteiger partial charge is 0.488 e. The first-order chi connectivity index (χ1) is 7.29. The summed E-state index contributed by atoms with van der Waals surface area (Å²) in [6.45, 7) is 2.01. The SMILES string of the molecule is Cc1ccc(OC2CCCC2)c(CBr)n1. The third-order valence-corrected chi connectivity index (χ3v) is 3.33. The maximum Gasteiger partial charge on any atom is 0.142 e. The smallest absolute Gasteiger partial charge is 0.142 e. The molecule has 0 amide bonds. The van der Waals surface area contributed by atoms with Gasteiger partial charge in [0.25, 0.3) is 0 Å². The second kappa shape index (κ2) is 4.97. The van der Waals surface area contributed by atoms with Crippen molar-refractivity contribution in [2.45, 2.75) is 44.0 Å². The molecule has 0 saturated heterocycles. The molecule has 0 aromatic carbocycles. The first-order valence-corrected chi connectivity index (χ1v) is 6.61. The Hall–Kier alpha value is -0.570. The van der Waals surface area contributed by atoms with E-state index in [0.717, 1.165) is 22.5 Å². The summed E-state index contributed by atoms with van der Waals surface area (Å²) >= 11 is 3.45. The van der Waals surface area contributed by atoms with Crippen molar-refractivity contribution in [1.82, 2.24) is 4.98 Å². The fourth-order valence-electron chi connectivity index (χ4n) is 1.99. The normalized spacial score (nSPS) is 16.9. The van der Waals surface area contributed by atoms with Gasteiger partial charge in [0, 0.05) is 11.0 Å². The van der Waals surface area contributed by atoms with Gasteiger partial charge in [-0.15, -0.1) is 0 Å². The van der Waals surface area contributed by atoms with Gasteiger partial charge in [0.15, 0.2) is 0 Å². The molecular weight excluding hydrogens is 254 g/mol. The van der Waals surface area contributed by atoms with Gasteiger partial charge in [-0.3, -0.25) is 4.98 Å². The summed E-state index contributed by atoms with van der Waals surface area (Å²) in [5, 5.41) is 0.761. The van der Waals surface area contributed by atoms with Crippen LogP contribution in [0.2, 0.25) is 0 Å². The molecule has 2 nitrogen and oxygen atoms in total. The van der Waals surface area contributed by atoms with E-state index in [9.17, 15) is 0 Å². The number of aromatic nitrogens is 1. The summed E-state index contributed by atoms with van der Waals surface area (Å²) < 4.78 is 5.96. The Morgan fingerprint density at radius 2 is 2.13 bits per heavy atom. The van der Waals surface area contributed by atoms with Crippen LogP contribution in [-0.2, 0) is 5.33 Å². The molecule has 0 unspecified atom stereocenters. The summed E-state index contributed by atoms with van der Waals surface area (Å²) in [7, 11) is 0. The fraction of sp³-hybridized carbons (Fsp3) is 0.583. The van der Waals surface area contributed by atoms with Crippen LogP contribution in [0.5, 0.6) is 5.75 Å². The average Bonchev–Trinajstić information content (AvgIpc) is 2.73. The number of hydrogen-bond donors (Lipinski definition) is 0. The van der Waals surface area contributed by atoms with Gasteiger partial charge < -0.3 is 4.74 Å². The molecule has 1 heterocycles. The molecule has 0 aliphatic heterocycles. The van der Waals surface area contributed by atoms with Crippen molar-refractivity contribution in [3.05, 3.63) is 23.5 Å². The molecule has 0 bridgehead atoms. The van der Waals surface area contributed by atoms with E-state index in [1.165, 1.54) is 25.7 Å². The molecule has 1 saturated carbocycles. The zero-order chi connectivity index (χ0) is 10.7. The molecule has 1 aliphatic rings. The third-order valence-electron chi connectivity index (χ3n) is 2.79. The summed E-state index contributed by atoms with van der Waals surface area (Å²) in [5.41, 5.74) is 2.06. The molecule has 15 heavy (non-hydrogen) atoms. The minimum Gasteiger partial charge on any atom is -0.488 e. The average molecular weight is 270 g/mol. The zero-order valence-corrected chi connectivity index (χ0v) is 10.6. The highest BCUT2D eigenvalue weighted by Crippen LogP contribution is 2.27. The van der Waals surface area contributed by atoms with E-state index < -0.39 is 0 Å². The number of ether oxygens (including phenoxy) is 1. The van der Waals surface area contributed by atoms with E-state index >= 15 is 0 Å². The lowest BCUT2D eigenvalue weighted by molar-refractivity contribution is 0.207. The Morgan fingerprint density at radius 3 is 2.80 bits per heavy atom. The van der Waals surface area contributed by atoms with Crippen LogP contribution in [0.3, 0.4) is 0 Å². The number of pyridine rings is 1. The highest BCUT2D eigenvalue weighted by molar-refractivity contribution is 9.08. The van der Waals surface area contributed by atoms with Crippen LogP contribution >= 0.6 is 15.9 Å². The standard InChI is InChI=1S/C12H16BrNO/c1-9-6-7-12(11(8-13)14-9)15-10-4-2-3-5-10/h6-7,10H,2-5,8H2,1H3. The number of nitrogens with zero attached hydrogens (tertiary/aromatic N) is 1. The van der Waals surface area contributed by atoms with Crippen molar-refractivity contribution >= 4 is 15.9 Å². The fourth-order valence-corrected chi connectivity index (χ4v) is 2.39. The van der Waals surface area contributed by atoms with Gasteiger partial charge >= 0.3 is 0 Å². The molecular formula is C12H16BrNO. The van der Waals surface area contributed by atoms with Crippen LogP contribution in [-0.4, -0.2) is 11.1 Å².